The summed E-state index contributed by atoms with van der Waals surface area (Å²) < 4.78 is 0. The van der Waals surface area contributed by atoms with Gasteiger partial charge in [-0.3, -0.25) is 9.78 Å². The van der Waals surface area contributed by atoms with Crippen LogP contribution in [0.5, 0.6) is 0 Å². The van der Waals surface area contributed by atoms with Gasteiger partial charge < -0.3 is 10.2 Å². The number of hydrogen-bond acceptors (Lipinski definition) is 6. The number of aryl methyl sites for hydroxylation is 2. The van der Waals surface area contributed by atoms with Gasteiger partial charge in [-0.15, -0.1) is 0 Å². The van der Waals surface area contributed by atoms with E-state index in [9.17, 15) is 4.79 Å². The number of aromatic nitrogens is 4. The number of anilines is 2. The van der Waals surface area contributed by atoms with Crippen LogP contribution in [0.1, 0.15) is 41.1 Å². The summed E-state index contributed by atoms with van der Waals surface area (Å²) >= 11 is 0. The Hall–Kier alpha value is -3.35. The molecular formula is C23H24N6O. The summed E-state index contributed by atoms with van der Waals surface area (Å²) in [5.74, 6) is 2.93. The van der Waals surface area contributed by atoms with Crippen LogP contribution in [0.3, 0.4) is 0 Å². The van der Waals surface area contributed by atoms with Crippen molar-refractivity contribution in [3.05, 3.63) is 59.9 Å². The molecule has 2 bridgehead atoms. The number of rotatable bonds is 5. The van der Waals surface area contributed by atoms with Gasteiger partial charge in [-0.1, -0.05) is 0 Å². The van der Waals surface area contributed by atoms with Gasteiger partial charge in [0.25, 0.3) is 5.91 Å². The average molecular weight is 400 g/mol. The van der Waals surface area contributed by atoms with Gasteiger partial charge in [0.1, 0.15) is 17.5 Å². The molecule has 0 saturated heterocycles. The topological polar surface area (TPSA) is 83.9 Å². The van der Waals surface area contributed by atoms with Crippen molar-refractivity contribution in [2.75, 3.05) is 12.4 Å². The van der Waals surface area contributed by atoms with E-state index in [1.54, 1.807) is 24.7 Å². The molecule has 0 spiro atoms. The van der Waals surface area contributed by atoms with Crippen molar-refractivity contribution in [1.29, 1.82) is 0 Å². The van der Waals surface area contributed by atoms with Crippen molar-refractivity contribution in [3.8, 4) is 11.1 Å². The summed E-state index contributed by atoms with van der Waals surface area (Å²) in [6, 6.07) is 7.59. The quantitative estimate of drug-likeness (QED) is 0.699. The van der Waals surface area contributed by atoms with Gasteiger partial charge in [0, 0.05) is 36.7 Å². The molecule has 0 radical (unpaired) electrons. The van der Waals surface area contributed by atoms with Gasteiger partial charge in [0.15, 0.2) is 0 Å². The number of pyridine rings is 2. The average Bonchev–Trinajstić information content (AvgIpc) is 2.65. The van der Waals surface area contributed by atoms with Gasteiger partial charge in [0.05, 0.1) is 11.3 Å². The predicted octanol–water partition coefficient (Wildman–Crippen LogP) is 3.92. The first kappa shape index (κ1) is 18.7. The zero-order valence-electron chi connectivity index (χ0n) is 17.4. The number of nitrogens with one attached hydrogen (secondary N) is 1. The van der Waals surface area contributed by atoms with Crippen LogP contribution in [0.25, 0.3) is 11.1 Å². The number of carbonyl (C=O) groups excluding carboxylic acids is 1. The molecule has 1 amide bonds. The van der Waals surface area contributed by atoms with Crippen molar-refractivity contribution >= 4 is 17.5 Å². The standard InChI is InChI=1S/C23H24N6O/c1-14-19(22(30)29(3)23-10-16(11-23)12-23)8-18(13-26-14)17-4-6-25-21(9-17)28-20-5-7-24-15(2)27-20/h4-9,13,16H,10-12H2,1-3H3,(H,24,25,27,28). The normalized spacial score (nSPS) is 21.4. The summed E-state index contributed by atoms with van der Waals surface area (Å²) in [4.78, 5) is 32.5. The Balaban J connectivity index is 1.42. The van der Waals surface area contributed by atoms with E-state index in [1.165, 1.54) is 0 Å². The zero-order chi connectivity index (χ0) is 20.9. The van der Waals surface area contributed by atoms with Gasteiger partial charge in [-0.05, 0) is 68.9 Å². The molecule has 3 heterocycles. The van der Waals surface area contributed by atoms with Gasteiger partial charge >= 0.3 is 0 Å². The molecule has 7 heteroatoms. The smallest absolute Gasteiger partial charge is 0.255 e. The lowest BCUT2D eigenvalue weighted by molar-refractivity contribution is -0.114. The van der Waals surface area contributed by atoms with Gasteiger partial charge in [0.2, 0.25) is 0 Å². The largest absolute Gasteiger partial charge is 0.336 e. The number of amides is 1. The minimum Gasteiger partial charge on any atom is -0.336 e. The van der Waals surface area contributed by atoms with E-state index < -0.39 is 0 Å². The third-order valence-corrected chi connectivity index (χ3v) is 6.46. The lowest BCUT2D eigenvalue weighted by atomic mass is 9.49. The monoisotopic (exact) mass is 400 g/mol. The van der Waals surface area contributed by atoms with Crippen LogP contribution in [-0.4, -0.2) is 43.3 Å². The molecule has 3 fully saturated rings. The molecule has 3 aromatic heterocycles. The molecule has 6 rings (SSSR count). The third kappa shape index (κ3) is 3.10. The number of hydrogen-bond donors (Lipinski definition) is 1. The zero-order valence-corrected chi connectivity index (χ0v) is 17.4. The molecule has 0 atom stereocenters. The lowest BCUT2D eigenvalue weighted by Crippen LogP contribution is -2.68. The Labute approximate surface area is 175 Å². The molecule has 3 aliphatic rings. The van der Waals surface area contributed by atoms with E-state index in [0.717, 1.165) is 42.0 Å². The maximum absolute atomic E-state index is 13.2. The molecular weight excluding hydrogens is 376 g/mol. The molecule has 1 N–H and O–H groups in total. The molecule has 152 valence electrons. The molecule has 3 aliphatic carbocycles. The van der Waals surface area contributed by atoms with Crippen molar-refractivity contribution < 1.29 is 4.79 Å². The molecule has 0 unspecified atom stereocenters. The summed E-state index contributed by atoms with van der Waals surface area (Å²) in [5, 5.41) is 3.20. The third-order valence-electron chi connectivity index (χ3n) is 6.46. The highest BCUT2D eigenvalue weighted by Crippen LogP contribution is 2.60. The fourth-order valence-corrected chi connectivity index (χ4v) is 4.48. The van der Waals surface area contributed by atoms with Crippen LogP contribution < -0.4 is 5.32 Å². The fourth-order valence-electron chi connectivity index (χ4n) is 4.48. The van der Waals surface area contributed by atoms with E-state index >= 15 is 0 Å². The second-order valence-electron chi connectivity index (χ2n) is 8.47. The Kier molecular flexibility index (Phi) is 4.27. The summed E-state index contributed by atoms with van der Waals surface area (Å²) in [6.07, 6.45) is 8.68. The van der Waals surface area contributed by atoms with E-state index in [0.29, 0.717) is 23.0 Å². The van der Waals surface area contributed by atoms with Crippen molar-refractivity contribution in [3.63, 3.8) is 0 Å². The Morgan fingerprint density at radius 1 is 1.03 bits per heavy atom. The van der Waals surface area contributed by atoms with Crippen LogP contribution >= 0.6 is 0 Å². The van der Waals surface area contributed by atoms with Crippen LogP contribution in [0.15, 0.2) is 42.9 Å². The molecule has 7 nitrogen and oxygen atoms in total. The molecule has 0 aromatic carbocycles. The minimum absolute atomic E-state index is 0.0591. The highest BCUT2D eigenvalue weighted by Gasteiger charge is 2.60. The second-order valence-corrected chi connectivity index (χ2v) is 8.47. The second kappa shape index (κ2) is 6.86. The van der Waals surface area contributed by atoms with Gasteiger partial charge in [-0.25, -0.2) is 15.0 Å². The van der Waals surface area contributed by atoms with Crippen molar-refractivity contribution in [2.45, 2.75) is 38.6 Å². The van der Waals surface area contributed by atoms with E-state index in [2.05, 4.69) is 25.3 Å². The Morgan fingerprint density at radius 3 is 2.50 bits per heavy atom. The molecule has 3 saturated carbocycles. The van der Waals surface area contributed by atoms with E-state index in [4.69, 9.17) is 0 Å². The van der Waals surface area contributed by atoms with E-state index in [1.807, 2.05) is 44.0 Å². The SMILES string of the molecule is Cc1nccc(Nc2cc(-c3cnc(C)c(C(=O)N(C)C45CC(C4)C5)c3)ccn2)n1. The lowest BCUT2D eigenvalue weighted by Gasteiger charge is -2.65. The van der Waals surface area contributed by atoms with Crippen LogP contribution in [0.2, 0.25) is 0 Å². The first-order valence-corrected chi connectivity index (χ1v) is 10.2. The molecule has 30 heavy (non-hydrogen) atoms. The number of carbonyl (C=O) groups is 1. The first-order valence-electron chi connectivity index (χ1n) is 10.2. The van der Waals surface area contributed by atoms with Crippen molar-refractivity contribution in [2.24, 2.45) is 5.92 Å². The maximum atomic E-state index is 13.2. The van der Waals surface area contributed by atoms with Crippen molar-refractivity contribution in [1.82, 2.24) is 24.8 Å². The summed E-state index contributed by atoms with van der Waals surface area (Å²) in [5.41, 5.74) is 3.34. The molecule has 3 aromatic rings. The molecule has 0 aliphatic heterocycles. The first-order chi connectivity index (χ1) is 14.4. The Morgan fingerprint density at radius 2 is 1.80 bits per heavy atom. The minimum atomic E-state index is 0.0591. The Bertz CT molecular complexity index is 1130. The highest BCUT2D eigenvalue weighted by molar-refractivity contribution is 5.97. The van der Waals surface area contributed by atoms with Gasteiger partial charge in [-0.2, -0.15) is 0 Å². The van der Waals surface area contributed by atoms with E-state index in [-0.39, 0.29) is 11.4 Å². The van der Waals surface area contributed by atoms with Crippen LogP contribution in [0.4, 0.5) is 11.6 Å². The summed E-state index contributed by atoms with van der Waals surface area (Å²) in [6.45, 7) is 3.74. The fraction of sp³-hybridized carbons (Fsp3) is 0.348. The van der Waals surface area contributed by atoms with Crippen LogP contribution in [-0.2, 0) is 0 Å². The predicted molar refractivity (Wildman–Crippen MR) is 114 cm³/mol. The summed E-state index contributed by atoms with van der Waals surface area (Å²) in [7, 11) is 1.93. The maximum Gasteiger partial charge on any atom is 0.255 e. The van der Waals surface area contributed by atoms with Crippen LogP contribution in [0, 0.1) is 19.8 Å². The highest BCUT2D eigenvalue weighted by atomic mass is 16.2. The number of nitrogens with zero attached hydrogens (tertiary/aromatic N) is 5.